The molecule has 1 amide bonds. The Bertz CT molecular complexity index is 767. The van der Waals surface area contributed by atoms with Crippen molar-refractivity contribution in [1.82, 2.24) is 15.0 Å². The van der Waals surface area contributed by atoms with Crippen LogP contribution in [0.1, 0.15) is 12.0 Å². The number of anilines is 2. The highest BCUT2D eigenvalue weighted by molar-refractivity contribution is 8.00. The van der Waals surface area contributed by atoms with E-state index < -0.39 is 0 Å². The summed E-state index contributed by atoms with van der Waals surface area (Å²) in [4.78, 5) is 31.1. The van der Waals surface area contributed by atoms with Gasteiger partial charge in [0, 0.05) is 48.7 Å². The fourth-order valence-electron chi connectivity index (χ4n) is 3.15. The van der Waals surface area contributed by atoms with Crippen LogP contribution in [0.4, 0.5) is 11.8 Å². The molecule has 0 unspecified atom stereocenters. The highest BCUT2D eigenvalue weighted by Crippen LogP contribution is 2.28. The molecule has 0 N–H and O–H groups in total. The smallest absolute Gasteiger partial charge is 0.238 e. The average molecular weight is 371 g/mol. The van der Waals surface area contributed by atoms with Crippen LogP contribution in [0.5, 0.6) is 0 Å². The Labute approximate surface area is 156 Å². The molecule has 2 aromatic heterocycles. The van der Waals surface area contributed by atoms with Gasteiger partial charge >= 0.3 is 0 Å². The molecule has 136 valence electrons. The number of carbonyl (C=O) groups excluding carboxylic acids is 1. The molecule has 8 heteroatoms. The van der Waals surface area contributed by atoms with Gasteiger partial charge in [0.1, 0.15) is 5.82 Å². The Morgan fingerprint density at radius 1 is 1.19 bits per heavy atom. The lowest BCUT2D eigenvalue weighted by atomic mass is 10.1. The first-order valence-electron chi connectivity index (χ1n) is 8.83. The van der Waals surface area contributed by atoms with Gasteiger partial charge in [-0.25, -0.2) is 4.98 Å². The number of carbonyl (C=O) groups is 1. The Morgan fingerprint density at radius 3 is 2.81 bits per heavy atom. The third-order valence-corrected chi connectivity index (χ3v) is 5.52. The standard InChI is InChI=1S/C18H21N5O2S/c24-16(13-26-15-3-5-19-6-4-15)23-7-1-2-14-12-20-18(21-17(14)23)22-8-10-25-11-9-22/h3-6,12H,1-2,7-11,13H2. The number of thioether (sulfide) groups is 1. The second-order valence-electron chi connectivity index (χ2n) is 6.24. The molecule has 2 aliphatic heterocycles. The van der Waals surface area contributed by atoms with Gasteiger partial charge in [0.25, 0.3) is 0 Å². The van der Waals surface area contributed by atoms with Gasteiger partial charge in [-0.3, -0.25) is 14.7 Å². The van der Waals surface area contributed by atoms with Gasteiger partial charge in [-0.05, 0) is 25.0 Å². The van der Waals surface area contributed by atoms with Crippen LogP contribution in [0.2, 0.25) is 0 Å². The maximum Gasteiger partial charge on any atom is 0.238 e. The van der Waals surface area contributed by atoms with Crippen LogP contribution in [0.15, 0.2) is 35.6 Å². The normalized spacial score (nSPS) is 17.1. The van der Waals surface area contributed by atoms with E-state index in [2.05, 4.69) is 14.9 Å². The number of rotatable bonds is 4. The fraction of sp³-hybridized carbons (Fsp3) is 0.444. The molecule has 26 heavy (non-hydrogen) atoms. The topological polar surface area (TPSA) is 71.5 Å². The van der Waals surface area contributed by atoms with Crippen LogP contribution in [0, 0.1) is 0 Å². The van der Waals surface area contributed by atoms with E-state index in [0.717, 1.165) is 42.2 Å². The monoisotopic (exact) mass is 371 g/mol. The number of morpholine rings is 1. The predicted molar refractivity (Wildman–Crippen MR) is 101 cm³/mol. The second kappa shape index (κ2) is 8.01. The number of hydrogen-bond acceptors (Lipinski definition) is 7. The molecule has 0 saturated carbocycles. The lowest BCUT2D eigenvalue weighted by molar-refractivity contribution is -0.116. The molecule has 0 spiro atoms. The number of amides is 1. The van der Waals surface area contributed by atoms with Crippen LogP contribution >= 0.6 is 11.8 Å². The first kappa shape index (κ1) is 17.2. The van der Waals surface area contributed by atoms with Crippen molar-refractivity contribution in [3.8, 4) is 0 Å². The lowest BCUT2D eigenvalue weighted by Gasteiger charge is -2.31. The molecule has 2 aromatic rings. The van der Waals surface area contributed by atoms with E-state index in [9.17, 15) is 4.79 Å². The summed E-state index contributed by atoms with van der Waals surface area (Å²) in [5, 5.41) is 0. The summed E-state index contributed by atoms with van der Waals surface area (Å²) < 4.78 is 5.40. The van der Waals surface area contributed by atoms with Crippen LogP contribution in [-0.2, 0) is 16.0 Å². The number of ether oxygens (including phenoxy) is 1. The van der Waals surface area contributed by atoms with Gasteiger partial charge in [0.05, 0.1) is 19.0 Å². The van der Waals surface area contributed by atoms with E-state index in [4.69, 9.17) is 9.72 Å². The summed E-state index contributed by atoms with van der Waals surface area (Å²) in [5.41, 5.74) is 1.05. The van der Waals surface area contributed by atoms with E-state index >= 15 is 0 Å². The third-order valence-electron chi connectivity index (χ3n) is 4.52. The Hall–Kier alpha value is -2.19. The van der Waals surface area contributed by atoms with Crippen LogP contribution in [0.25, 0.3) is 0 Å². The molecule has 0 aliphatic carbocycles. The van der Waals surface area contributed by atoms with Gasteiger partial charge in [0.15, 0.2) is 0 Å². The van der Waals surface area contributed by atoms with Gasteiger partial charge in [-0.1, -0.05) is 0 Å². The van der Waals surface area contributed by atoms with E-state index in [1.165, 1.54) is 11.8 Å². The molecule has 7 nitrogen and oxygen atoms in total. The van der Waals surface area contributed by atoms with Crippen molar-refractivity contribution in [3.63, 3.8) is 0 Å². The van der Waals surface area contributed by atoms with Crippen molar-refractivity contribution in [1.29, 1.82) is 0 Å². The van der Waals surface area contributed by atoms with E-state index in [1.807, 2.05) is 23.2 Å². The Balaban J connectivity index is 1.50. The fourth-order valence-corrected chi connectivity index (χ4v) is 3.91. The predicted octanol–water partition coefficient (Wildman–Crippen LogP) is 1.78. The molecule has 2 aliphatic rings. The van der Waals surface area contributed by atoms with Crippen molar-refractivity contribution < 1.29 is 9.53 Å². The zero-order valence-corrected chi connectivity index (χ0v) is 15.3. The number of aromatic nitrogens is 3. The second-order valence-corrected chi connectivity index (χ2v) is 7.29. The first-order valence-corrected chi connectivity index (χ1v) is 9.81. The van der Waals surface area contributed by atoms with Crippen molar-refractivity contribution >= 4 is 29.4 Å². The van der Waals surface area contributed by atoms with Gasteiger partial charge in [0.2, 0.25) is 11.9 Å². The van der Waals surface area contributed by atoms with Crippen molar-refractivity contribution in [2.24, 2.45) is 0 Å². The minimum atomic E-state index is 0.0828. The van der Waals surface area contributed by atoms with Gasteiger partial charge < -0.3 is 9.64 Å². The minimum Gasteiger partial charge on any atom is -0.378 e. The average Bonchev–Trinajstić information content (AvgIpc) is 2.72. The molecule has 0 atom stereocenters. The zero-order chi connectivity index (χ0) is 17.8. The summed E-state index contributed by atoms with van der Waals surface area (Å²) in [6.07, 6.45) is 7.22. The highest BCUT2D eigenvalue weighted by Gasteiger charge is 2.26. The molecule has 0 aromatic carbocycles. The number of fused-ring (bicyclic) bond motifs is 1. The van der Waals surface area contributed by atoms with Gasteiger partial charge in [-0.2, -0.15) is 4.98 Å². The van der Waals surface area contributed by atoms with Crippen molar-refractivity contribution in [2.75, 3.05) is 48.4 Å². The van der Waals surface area contributed by atoms with Crippen LogP contribution in [0.3, 0.4) is 0 Å². The number of pyridine rings is 1. The van der Waals surface area contributed by atoms with Gasteiger partial charge in [-0.15, -0.1) is 11.8 Å². The molecule has 0 bridgehead atoms. The number of hydrogen-bond donors (Lipinski definition) is 0. The number of aryl methyl sites for hydroxylation is 1. The number of nitrogens with zero attached hydrogens (tertiary/aromatic N) is 5. The molecule has 0 radical (unpaired) electrons. The maximum atomic E-state index is 12.8. The molecule has 4 rings (SSSR count). The third kappa shape index (κ3) is 3.81. The summed E-state index contributed by atoms with van der Waals surface area (Å²) in [6, 6.07) is 3.83. The minimum absolute atomic E-state index is 0.0828. The molecule has 4 heterocycles. The summed E-state index contributed by atoms with van der Waals surface area (Å²) in [6.45, 7) is 3.65. The summed E-state index contributed by atoms with van der Waals surface area (Å²) >= 11 is 1.53. The Kier molecular flexibility index (Phi) is 5.31. The largest absolute Gasteiger partial charge is 0.378 e. The van der Waals surface area contributed by atoms with Crippen LogP contribution < -0.4 is 9.80 Å². The van der Waals surface area contributed by atoms with Crippen molar-refractivity contribution in [3.05, 3.63) is 36.3 Å². The SMILES string of the molecule is O=C(CSc1ccncc1)N1CCCc2cnc(N3CCOCC3)nc21. The summed E-state index contributed by atoms with van der Waals surface area (Å²) in [7, 11) is 0. The maximum absolute atomic E-state index is 12.8. The van der Waals surface area contributed by atoms with E-state index in [-0.39, 0.29) is 5.91 Å². The lowest BCUT2D eigenvalue weighted by Crippen LogP contribution is -2.40. The first-order chi connectivity index (χ1) is 12.8. The quantitative estimate of drug-likeness (QED) is 0.759. The molecule has 1 fully saturated rings. The summed E-state index contributed by atoms with van der Waals surface area (Å²) in [5.74, 6) is 1.93. The van der Waals surface area contributed by atoms with E-state index in [0.29, 0.717) is 31.5 Å². The Morgan fingerprint density at radius 2 is 2.00 bits per heavy atom. The molecule has 1 saturated heterocycles. The van der Waals surface area contributed by atoms with Crippen LogP contribution in [-0.4, -0.2) is 59.5 Å². The molecular formula is C18H21N5O2S. The highest BCUT2D eigenvalue weighted by atomic mass is 32.2. The van der Waals surface area contributed by atoms with E-state index in [1.54, 1.807) is 12.4 Å². The molecular weight excluding hydrogens is 350 g/mol. The zero-order valence-electron chi connectivity index (χ0n) is 14.5. The van der Waals surface area contributed by atoms with Crippen molar-refractivity contribution in [2.45, 2.75) is 17.7 Å².